The zero-order valence-corrected chi connectivity index (χ0v) is 16.3. The lowest BCUT2D eigenvalue weighted by atomic mass is 10.1. The van der Waals surface area contributed by atoms with Gasteiger partial charge in [0.15, 0.2) is 6.61 Å². The van der Waals surface area contributed by atoms with Gasteiger partial charge in [0, 0.05) is 21.4 Å². The minimum Gasteiger partial charge on any atom is -0.452 e. The number of carbonyl (C=O) groups is 2. The first-order chi connectivity index (χ1) is 12.9. The Morgan fingerprint density at radius 3 is 2.52 bits per heavy atom. The molecule has 1 saturated carbocycles. The van der Waals surface area contributed by atoms with Gasteiger partial charge in [0.05, 0.1) is 10.5 Å². The molecule has 0 bridgehead atoms. The van der Waals surface area contributed by atoms with Gasteiger partial charge in [0.1, 0.15) is 5.69 Å². The first kappa shape index (κ1) is 19.1. The van der Waals surface area contributed by atoms with Crippen LogP contribution in [-0.2, 0) is 9.53 Å². The van der Waals surface area contributed by atoms with Gasteiger partial charge in [-0.1, -0.05) is 0 Å². The van der Waals surface area contributed by atoms with Crippen molar-refractivity contribution in [1.82, 2.24) is 0 Å². The van der Waals surface area contributed by atoms with Gasteiger partial charge in [0.2, 0.25) is 0 Å². The molecule has 0 aromatic heterocycles. The minimum atomic E-state index is -0.797. The molecule has 2 aromatic rings. The number of anilines is 2. The molecular weight excluding hydrogens is 465 g/mol. The molecule has 1 amide bonds. The zero-order chi connectivity index (χ0) is 19.4. The summed E-state index contributed by atoms with van der Waals surface area (Å²) in [6.45, 7) is -0.485. The third-order valence-electron chi connectivity index (χ3n) is 3.83. The van der Waals surface area contributed by atoms with E-state index in [-0.39, 0.29) is 17.3 Å². The first-order valence-corrected chi connectivity index (χ1v) is 9.28. The van der Waals surface area contributed by atoms with Crippen molar-refractivity contribution in [3.8, 4) is 0 Å². The SMILES string of the molecule is O=C(COC(=O)c1ccc(NC2CC2)c([N+](=O)[O-])c1)Nc1ccc(I)cc1. The number of esters is 1. The van der Waals surface area contributed by atoms with Gasteiger partial charge in [0.25, 0.3) is 11.6 Å². The lowest BCUT2D eigenvalue weighted by Gasteiger charge is -2.09. The van der Waals surface area contributed by atoms with Gasteiger partial charge in [-0.25, -0.2) is 4.79 Å². The fraction of sp³-hybridized carbons (Fsp3) is 0.222. The topological polar surface area (TPSA) is 111 Å². The van der Waals surface area contributed by atoms with Crippen LogP contribution < -0.4 is 10.6 Å². The molecule has 0 heterocycles. The third-order valence-corrected chi connectivity index (χ3v) is 4.55. The Bertz CT molecular complexity index is 881. The number of rotatable bonds is 7. The molecule has 3 rings (SSSR count). The summed E-state index contributed by atoms with van der Waals surface area (Å²) in [6, 6.07) is 11.5. The minimum absolute atomic E-state index is 0.0186. The van der Waals surface area contributed by atoms with Crippen LogP contribution in [0.2, 0.25) is 0 Å². The van der Waals surface area contributed by atoms with Crippen molar-refractivity contribution < 1.29 is 19.2 Å². The predicted molar refractivity (Wildman–Crippen MR) is 108 cm³/mol. The molecule has 2 aromatic carbocycles. The van der Waals surface area contributed by atoms with E-state index in [9.17, 15) is 19.7 Å². The molecule has 140 valence electrons. The number of halogens is 1. The summed E-state index contributed by atoms with van der Waals surface area (Å²) in [4.78, 5) is 34.7. The highest BCUT2D eigenvalue weighted by Gasteiger charge is 2.26. The molecule has 0 aliphatic heterocycles. The van der Waals surface area contributed by atoms with Crippen LogP contribution in [-0.4, -0.2) is 29.4 Å². The second-order valence-corrected chi connectivity index (χ2v) is 7.28. The van der Waals surface area contributed by atoms with E-state index in [1.54, 1.807) is 12.1 Å². The van der Waals surface area contributed by atoms with Crippen LogP contribution in [0, 0.1) is 13.7 Å². The van der Waals surface area contributed by atoms with Crippen molar-refractivity contribution in [3.63, 3.8) is 0 Å². The van der Waals surface area contributed by atoms with Crippen molar-refractivity contribution in [2.75, 3.05) is 17.2 Å². The smallest absolute Gasteiger partial charge is 0.338 e. The lowest BCUT2D eigenvalue weighted by Crippen LogP contribution is -2.21. The molecule has 2 N–H and O–H groups in total. The number of carbonyl (C=O) groups excluding carboxylic acids is 2. The summed E-state index contributed by atoms with van der Waals surface area (Å²) in [5.74, 6) is -1.29. The van der Waals surface area contributed by atoms with Crippen LogP contribution in [0.3, 0.4) is 0 Å². The molecular formula is C18H16IN3O5. The lowest BCUT2D eigenvalue weighted by molar-refractivity contribution is -0.384. The largest absolute Gasteiger partial charge is 0.452 e. The molecule has 0 saturated heterocycles. The van der Waals surface area contributed by atoms with Gasteiger partial charge < -0.3 is 15.4 Å². The molecule has 0 radical (unpaired) electrons. The van der Waals surface area contributed by atoms with E-state index >= 15 is 0 Å². The molecule has 27 heavy (non-hydrogen) atoms. The van der Waals surface area contributed by atoms with Crippen molar-refractivity contribution in [1.29, 1.82) is 0 Å². The summed E-state index contributed by atoms with van der Waals surface area (Å²) >= 11 is 2.15. The monoisotopic (exact) mass is 481 g/mol. The van der Waals surface area contributed by atoms with Gasteiger partial charge in [-0.15, -0.1) is 0 Å². The Labute approximate surface area is 168 Å². The average molecular weight is 481 g/mol. The summed E-state index contributed by atoms with van der Waals surface area (Å²) in [5.41, 5.74) is 0.780. The van der Waals surface area contributed by atoms with Gasteiger partial charge in [-0.05, 0) is 71.8 Å². The number of nitrogens with one attached hydrogen (secondary N) is 2. The van der Waals surface area contributed by atoms with E-state index < -0.39 is 23.4 Å². The summed E-state index contributed by atoms with van der Waals surface area (Å²) in [7, 11) is 0. The van der Waals surface area contributed by atoms with Gasteiger partial charge >= 0.3 is 5.97 Å². The number of amides is 1. The quantitative estimate of drug-likeness (QED) is 0.271. The fourth-order valence-electron chi connectivity index (χ4n) is 2.32. The molecule has 9 heteroatoms. The Hall–Kier alpha value is -2.69. The van der Waals surface area contributed by atoms with Crippen LogP contribution in [0.1, 0.15) is 23.2 Å². The highest BCUT2D eigenvalue weighted by Crippen LogP contribution is 2.31. The molecule has 0 atom stereocenters. The second kappa shape index (κ2) is 8.33. The van der Waals surface area contributed by atoms with Crippen molar-refractivity contribution in [2.45, 2.75) is 18.9 Å². The summed E-state index contributed by atoms with van der Waals surface area (Å²) in [6.07, 6.45) is 1.94. The first-order valence-electron chi connectivity index (χ1n) is 8.20. The van der Waals surface area contributed by atoms with E-state index in [1.807, 2.05) is 12.1 Å². The number of nitro benzene ring substituents is 1. The normalized spacial score (nSPS) is 12.9. The number of ether oxygens (including phenoxy) is 1. The van der Waals surface area contributed by atoms with Gasteiger partial charge in [-0.2, -0.15) is 0 Å². The molecule has 1 aliphatic rings. The molecule has 0 unspecified atom stereocenters. The van der Waals surface area contributed by atoms with E-state index in [4.69, 9.17) is 4.74 Å². The van der Waals surface area contributed by atoms with E-state index in [2.05, 4.69) is 33.2 Å². The maximum absolute atomic E-state index is 12.1. The van der Waals surface area contributed by atoms with Crippen LogP contribution in [0.25, 0.3) is 0 Å². The average Bonchev–Trinajstić information content (AvgIpc) is 3.46. The van der Waals surface area contributed by atoms with Crippen molar-refractivity contribution in [3.05, 3.63) is 61.7 Å². The standard InChI is InChI=1S/C18H16IN3O5/c19-12-2-4-14(5-3-12)21-17(23)10-27-18(24)11-1-8-15(20-13-6-7-13)16(9-11)22(25)26/h1-5,8-9,13,20H,6-7,10H2,(H,21,23). The van der Waals surface area contributed by atoms with Crippen LogP contribution in [0.15, 0.2) is 42.5 Å². The van der Waals surface area contributed by atoms with Crippen LogP contribution >= 0.6 is 22.6 Å². The highest BCUT2D eigenvalue weighted by atomic mass is 127. The predicted octanol–water partition coefficient (Wildman–Crippen LogP) is 3.57. The summed E-state index contributed by atoms with van der Waals surface area (Å²) < 4.78 is 5.98. The number of benzene rings is 2. The maximum atomic E-state index is 12.1. The molecule has 1 aliphatic carbocycles. The Morgan fingerprint density at radius 2 is 1.89 bits per heavy atom. The zero-order valence-electron chi connectivity index (χ0n) is 14.1. The number of hydrogen-bond donors (Lipinski definition) is 2. The Balaban J connectivity index is 1.59. The fourth-order valence-corrected chi connectivity index (χ4v) is 2.68. The molecule has 1 fully saturated rings. The number of nitrogens with zero attached hydrogens (tertiary/aromatic N) is 1. The molecule has 0 spiro atoms. The number of hydrogen-bond acceptors (Lipinski definition) is 6. The van der Waals surface area contributed by atoms with E-state index in [1.165, 1.54) is 12.1 Å². The molecule has 8 nitrogen and oxygen atoms in total. The maximum Gasteiger partial charge on any atom is 0.338 e. The third kappa shape index (κ3) is 5.39. The Morgan fingerprint density at radius 1 is 1.19 bits per heavy atom. The van der Waals surface area contributed by atoms with Crippen LogP contribution in [0.4, 0.5) is 17.1 Å². The Kier molecular flexibility index (Phi) is 5.89. The van der Waals surface area contributed by atoms with Gasteiger partial charge in [-0.3, -0.25) is 14.9 Å². The number of nitro groups is 1. The highest BCUT2D eigenvalue weighted by molar-refractivity contribution is 14.1. The second-order valence-electron chi connectivity index (χ2n) is 6.04. The van der Waals surface area contributed by atoms with Crippen LogP contribution in [0.5, 0.6) is 0 Å². The van der Waals surface area contributed by atoms with E-state index in [0.29, 0.717) is 11.4 Å². The van der Waals surface area contributed by atoms with E-state index in [0.717, 1.165) is 22.5 Å². The van der Waals surface area contributed by atoms with Crippen molar-refractivity contribution in [2.24, 2.45) is 0 Å². The van der Waals surface area contributed by atoms with Crippen molar-refractivity contribution >= 4 is 51.5 Å². The summed E-state index contributed by atoms with van der Waals surface area (Å²) in [5, 5.41) is 16.9.